The largest absolute Gasteiger partial charge is 0.371 e. The van der Waals surface area contributed by atoms with Gasteiger partial charge in [0.05, 0.1) is 11.8 Å². The van der Waals surface area contributed by atoms with Crippen molar-refractivity contribution in [3.8, 4) is 0 Å². The fourth-order valence-corrected chi connectivity index (χ4v) is 4.65. The van der Waals surface area contributed by atoms with Gasteiger partial charge in [0.2, 0.25) is 5.91 Å². The van der Waals surface area contributed by atoms with Crippen LogP contribution in [0.4, 0.5) is 5.69 Å². The van der Waals surface area contributed by atoms with Crippen LogP contribution in [-0.4, -0.2) is 24.7 Å². The minimum absolute atomic E-state index is 0.00796. The van der Waals surface area contributed by atoms with Crippen molar-refractivity contribution in [2.75, 3.05) is 23.7 Å². The molecule has 0 radical (unpaired) electrons. The van der Waals surface area contributed by atoms with Gasteiger partial charge in [-0.25, -0.2) is 0 Å². The molecule has 0 unspecified atom stereocenters. The van der Waals surface area contributed by atoms with Crippen molar-refractivity contribution in [1.29, 1.82) is 0 Å². The molecule has 0 saturated carbocycles. The standard InChI is InChI=1S/C23H29ClN2OS/c1-17-5-4-12-26(14-17)22-10-8-20(9-11-22)18(2)25-23(27)16-28-15-19-6-3-7-21(24)13-19/h3,6-11,13,17-18H,4-5,12,14-16H2,1-2H3,(H,25,27)/t17-,18+/m1/s1. The number of nitrogens with one attached hydrogen (secondary N) is 1. The monoisotopic (exact) mass is 416 g/mol. The molecule has 1 aliphatic heterocycles. The Kier molecular flexibility index (Phi) is 7.69. The number of carbonyl (C=O) groups is 1. The Bertz CT molecular complexity index is 780. The van der Waals surface area contributed by atoms with E-state index in [9.17, 15) is 4.79 Å². The Balaban J connectivity index is 1.45. The summed E-state index contributed by atoms with van der Waals surface area (Å²) >= 11 is 7.60. The summed E-state index contributed by atoms with van der Waals surface area (Å²) in [6, 6.07) is 16.4. The summed E-state index contributed by atoms with van der Waals surface area (Å²) in [6.45, 7) is 6.63. The molecule has 150 valence electrons. The molecule has 2 aromatic carbocycles. The fourth-order valence-electron chi connectivity index (χ4n) is 3.65. The molecule has 1 fully saturated rings. The number of rotatable bonds is 7. The first-order chi connectivity index (χ1) is 13.5. The second kappa shape index (κ2) is 10.2. The third-order valence-corrected chi connectivity index (χ3v) is 6.42. The molecule has 3 rings (SSSR count). The number of hydrogen-bond donors (Lipinski definition) is 1. The Morgan fingerprint density at radius 1 is 1.29 bits per heavy atom. The molecule has 2 aromatic rings. The number of hydrogen-bond acceptors (Lipinski definition) is 3. The van der Waals surface area contributed by atoms with Crippen LogP contribution in [-0.2, 0) is 10.5 Å². The van der Waals surface area contributed by atoms with Crippen LogP contribution in [0.5, 0.6) is 0 Å². The van der Waals surface area contributed by atoms with Gasteiger partial charge < -0.3 is 10.2 Å². The Hall–Kier alpha value is -1.65. The third kappa shape index (κ3) is 6.18. The molecule has 0 bridgehead atoms. The van der Waals surface area contributed by atoms with Crippen molar-refractivity contribution in [2.45, 2.75) is 38.5 Å². The van der Waals surface area contributed by atoms with Crippen LogP contribution in [0.15, 0.2) is 48.5 Å². The molecule has 1 N–H and O–H groups in total. The van der Waals surface area contributed by atoms with E-state index in [1.54, 1.807) is 11.8 Å². The summed E-state index contributed by atoms with van der Waals surface area (Å²) in [7, 11) is 0. The smallest absolute Gasteiger partial charge is 0.230 e. The van der Waals surface area contributed by atoms with E-state index >= 15 is 0 Å². The number of benzene rings is 2. The lowest BCUT2D eigenvalue weighted by atomic mass is 9.99. The highest BCUT2D eigenvalue weighted by atomic mass is 35.5. The highest BCUT2D eigenvalue weighted by molar-refractivity contribution is 7.99. The normalized spacial score (nSPS) is 18.0. The van der Waals surface area contributed by atoms with E-state index in [0.717, 1.165) is 40.9 Å². The molecule has 1 heterocycles. The van der Waals surface area contributed by atoms with Crippen molar-refractivity contribution in [1.82, 2.24) is 5.32 Å². The van der Waals surface area contributed by atoms with Crippen LogP contribution < -0.4 is 10.2 Å². The maximum Gasteiger partial charge on any atom is 0.230 e. The molecule has 2 atom stereocenters. The zero-order chi connectivity index (χ0) is 19.9. The minimum atomic E-state index is 0.00796. The third-order valence-electron chi connectivity index (χ3n) is 5.18. The number of amides is 1. The molecular weight excluding hydrogens is 388 g/mol. The zero-order valence-electron chi connectivity index (χ0n) is 16.7. The van der Waals surface area contributed by atoms with Gasteiger partial charge in [-0.2, -0.15) is 0 Å². The van der Waals surface area contributed by atoms with E-state index in [1.165, 1.54) is 18.5 Å². The number of halogens is 1. The SMILES string of the molecule is C[C@@H]1CCCN(c2ccc([C@H](C)NC(=O)CSCc3cccc(Cl)c3)cc2)C1. The van der Waals surface area contributed by atoms with Crippen molar-refractivity contribution in [3.05, 3.63) is 64.7 Å². The van der Waals surface area contributed by atoms with E-state index < -0.39 is 0 Å². The average Bonchev–Trinajstić information content (AvgIpc) is 2.68. The van der Waals surface area contributed by atoms with Gasteiger partial charge in [-0.1, -0.05) is 42.8 Å². The molecule has 28 heavy (non-hydrogen) atoms. The van der Waals surface area contributed by atoms with Crippen LogP contribution in [0.2, 0.25) is 5.02 Å². The van der Waals surface area contributed by atoms with E-state index in [1.807, 2.05) is 31.2 Å². The number of carbonyl (C=O) groups excluding carboxylic acids is 1. The number of nitrogens with zero attached hydrogens (tertiary/aromatic N) is 1. The van der Waals surface area contributed by atoms with Gasteiger partial charge in [0.1, 0.15) is 0 Å². The lowest BCUT2D eigenvalue weighted by Crippen LogP contribution is -2.34. The Morgan fingerprint density at radius 2 is 2.07 bits per heavy atom. The van der Waals surface area contributed by atoms with Gasteiger partial charge in [-0.15, -0.1) is 11.8 Å². The van der Waals surface area contributed by atoms with Crippen molar-refractivity contribution >= 4 is 35.0 Å². The molecule has 1 saturated heterocycles. The van der Waals surface area contributed by atoms with E-state index in [-0.39, 0.29) is 11.9 Å². The second-order valence-electron chi connectivity index (χ2n) is 7.70. The van der Waals surface area contributed by atoms with Crippen molar-refractivity contribution in [3.63, 3.8) is 0 Å². The molecule has 1 aliphatic rings. The molecule has 0 aliphatic carbocycles. The van der Waals surface area contributed by atoms with Crippen LogP contribution in [0, 0.1) is 5.92 Å². The van der Waals surface area contributed by atoms with Gasteiger partial charge >= 0.3 is 0 Å². The molecule has 3 nitrogen and oxygen atoms in total. The molecule has 5 heteroatoms. The van der Waals surface area contributed by atoms with Gasteiger partial charge in [-0.05, 0) is 61.1 Å². The topological polar surface area (TPSA) is 32.3 Å². The average molecular weight is 417 g/mol. The van der Waals surface area contributed by atoms with Crippen molar-refractivity contribution < 1.29 is 4.79 Å². The summed E-state index contributed by atoms with van der Waals surface area (Å²) in [5, 5.41) is 3.84. The maximum atomic E-state index is 12.3. The second-order valence-corrected chi connectivity index (χ2v) is 9.12. The van der Waals surface area contributed by atoms with Crippen LogP contribution in [0.25, 0.3) is 0 Å². The van der Waals surface area contributed by atoms with Gasteiger partial charge in [0, 0.05) is 29.6 Å². The lowest BCUT2D eigenvalue weighted by Gasteiger charge is -2.33. The first-order valence-corrected chi connectivity index (χ1v) is 11.5. The quantitative estimate of drug-likeness (QED) is 0.629. The molecular formula is C23H29ClN2OS. The molecule has 0 aromatic heterocycles. The molecule has 1 amide bonds. The number of piperidine rings is 1. The summed E-state index contributed by atoms with van der Waals surface area (Å²) in [4.78, 5) is 14.7. The Labute approximate surface area is 177 Å². The number of anilines is 1. The zero-order valence-corrected chi connectivity index (χ0v) is 18.2. The van der Waals surface area contributed by atoms with E-state index in [0.29, 0.717) is 5.75 Å². The van der Waals surface area contributed by atoms with Crippen LogP contribution in [0.1, 0.15) is 43.9 Å². The van der Waals surface area contributed by atoms with Gasteiger partial charge in [-0.3, -0.25) is 4.79 Å². The van der Waals surface area contributed by atoms with Gasteiger partial charge in [0.25, 0.3) is 0 Å². The first-order valence-electron chi connectivity index (χ1n) is 9.97. The predicted molar refractivity (Wildman–Crippen MR) is 121 cm³/mol. The summed E-state index contributed by atoms with van der Waals surface area (Å²) in [5.74, 6) is 2.05. The van der Waals surface area contributed by atoms with Crippen LogP contribution in [0.3, 0.4) is 0 Å². The van der Waals surface area contributed by atoms with Crippen molar-refractivity contribution in [2.24, 2.45) is 5.92 Å². The lowest BCUT2D eigenvalue weighted by molar-refractivity contribution is -0.119. The predicted octanol–water partition coefficient (Wildman–Crippen LogP) is 5.69. The molecule has 0 spiro atoms. The first kappa shape index (κ1) is 21.1. The highest BCUT2D eigenvalue weighted by Crippen LogP contribution is 2.25. The van der Waals surface area contributed by atoms with E-state index in [2.05, 4.69) is 41.4 Å². The maximum absolute atomic E-state index is 12.3. The fraction of sp³-hybridized carbons (Fsp3) is 0.435. The minimum Gasteiger partial charge on any atom is -0.371 e. The Morgan fingerprint density at radius 3 is 2.79 bits per heavy atom. The van der Waals surface area contributed by atoms with E-state index in [4.69, 9.17) is 11.6 Å². The summed E-state index contributed by atoms with van der Waals surface area (Å²) in [5.41, 5.74) is 3.56. The number of thioether (sulfide) groups is 1. The van der Waals surface area contributed by atoms with Gasteiger partial charge in [0.15, 0.2) is 0 Å². The van der Waals surface area contributed by atoms with Crippen LogP contribution >= 0.6 is 23.4 Å². The summed E-state index contributed by atoms with van der Waals surface area (Å²) < 4.78 is 0. The highest BCUT2D eigenvalue weighted by Gasteiger charge is 2.17. The summed E-state index contributed by atoms with van der Waals surface area (Å²) in [6.07, 6.45) is 2.59.